The van der Waals surface area contributed by atoms with Crippen LogP contribution in [0.1, 0.15) is 49.4 Å². The summed E-state index contributed by atoms with van der Waals surface area (Å²) >= 11 is 0. The Kier molecular flexibility index (Phi) is 12.2. The van der Waals surface area contributed by atoms with Gasteiger partial charge in [0, 0.05) is 12.7 Å². The van der Waals surface area contributed by atoms with Gasteiger partial charge in [-0.1, -0.05) is 19.9 Å². The second-order valence-electron chi connectivity index (χ2n) is 4.03. The van der Waals surface area contributed by atoms with Crippen LogP contribution in [0, 0.1) is 6.92 Å². The van der Waals surface area contributed by atoms with Crippen molar-refractivity contribution >= 4 is 12.0 Å². The van der Waals surface area contributed by atoms with Crippen LogP contribution in [0.2, 0.25) is 0 Å². The minimum absolute atomic E-state index is 0.197. The molecule has 1 rings (SSSR count). The number of aryl methyl sites for hydroxylation is 1. The van der Waals surface area contributed by atoms with Crippen LogP contribution in [-0.4, -0.2) is 20.7 Å². The normalized spacial score (nSPS) is 10.9. The molecule has 0 spiro atoms. The lowest BCUT2D eigenvalue weighted by Gasteiger charge is -2.00. The van der Waals surface area contributed by atoms with E-state index < -0.39 is 5.97 Å². The molecular weight excluding hydrogens is 280 g/mol. The van der Waals surface area contributed by atoms with E-state index in [1.165, 1.54) is 12.3 Å². The minimum atomic E-state index is -0.888. The van der Waals surface area contributed by atoms with Crippen molar-refractivity contribution in [1.82, 2.24) is 4.57 Å². The molecule has 0 aliphatic rings. The Morgan fingerprint density at radius 1 is 1.27 bits per heavy atom. The van der Waals surface area contributed by atoms with Gasteiger partial charge in [0.25, 0.3) is 0 Å². The zero-order chi connectivity index (χ0) is 17.7. The van der Waals surface area contributed by atoms with E-state index in [0.29, 0.717) is 5.69 Å². The van der Waals surface area contributed by atoms with Gasteiger partial charge in [0.1, 0.15) is 11.5 Å². The summed E-state index contributed by atoms with van der Waals surface area (Å²) in [5.41, 5.74) is 7.18. The minimum Gasteiger partial charge on any atom is -0.508 e. The number of allylic oxidation sites excluding steroid dienone is 3. The lowest BCUT2D eigenvalue weighted by molar-refractivity contribution is 0.0686. The molecule has 0 fully saturated rings. The molecule has 0 aromatic carbocycles. The van der Waals surface area contributed by atoms with Crippen LogP contribution in [0.15, 0.2) is 36.3 Å². The molecule has 5 heteroatoms. The highest BCUT2D eigenvalue weighted by Crippen LogP contribution is 2.15. The number of hydrogen-bond acceptors (Lipinski definition) is 3. The van der Waals surface area contributed by atoms with Gasteiger partial charge in [-0.3, -0.25) is 0 Å². The van der Waals surface area contributed by atoms with E-state index in [0.717, 1.165) is 11.3 Å². The number of carbonyl (C=O) groups is 1. The number of rotatable bonds is 3. The summed E-state index contributed by atoms with van der Waals surface area (Å²) < 4.78 is 1.68. The van der Waals surface area contributed by atoms with Crippen molar-refractivity contribution in [3.05, 3.63) is 53.2 Å². The molecule has 0 atom stereocenters. The van der Waals surface area contributed by atoms with Gasteiger partial charge < -0.3 is 20.5 Å². The summed E-state index contributed by atoms with van der Waals surface area (Å²) in [5, 5.41) is 17.4. The smallest absolute Gasteiger partial charge is 0.352 e. The van der Waals surface area contributed by atoms with Gasteiger partial charge in [-0.15, -0.1) is 0 Å². The Balaban J connectivity index is 0. The van der Waals surface area contributed by atoms with Crippen LogP contribution in [0.3, 0.4) is 0 Å². The summed E-state index contributed by atoms with van der Waals surface area (Å²) in [4.78, 5) is 10.7. The Labute approximate surface area is 133 Å². The highest BCUT2D eigenvalue weighted by Gasteiger charge is 2.12. The maximum absolute atomic E-state index is 10.7. The number of carboxylic acids is 1. The van der Waals surface area contributed by atoms with E-state index in [9.17, 15) is 4.79 Å². The molecule has 0 saturated heterocycles. The number of nitrogens with two attached hydrogens (primary N) is 1. The van der Waals surface area contributed by atoms with Gasteiger partial charge in [0.15, 0.2) is 0 Å². The first-order valence-electron chi connectivity index (χ1n) is 7.14. The summed E-state index contributed by atoms with van der Waals surface area (Å²) in [5.74, 6) is -0.691. The standard InChI is InChI=1S/C10H13NO2.C5H9NO.C2H6/c1-4-5-8-7(2)6-9(10(12)13)11(8)3;1-2-5(7)3-4-6;1-2/h4-6H,1-3H3,(H,12,13);2-4,7H,6H2,1H3;1-2H3/b5-4-;4-3-,5-2+;. The zero-order valence-electron chi connectivity index (χ0n) is 14.3. The van der Waals surface area contributed by atoms with Crippen LogP contribution in [-0.2, 0) is 7.05 Å². The van der Waals surface area contributed by atoms with E-state index >= 15 is 0 Å². The predicted molar refractivity (Wildman–Crippen MR) is 92.9 cm³/mol. The van der Waals surface area contributed by atoms with Gasteiger partial charge in [0.2, 0.25) is 0 Å². The van der Waals surface area contributed by atoms with Crippen molar-refractivity contribution in [3.8, 4) is 0 Å². The fourth-order valence-corrected chi connectivity index (χ4v) is 1.57. The highest BCUT2D eigenvalue weighted by atomic mass is 16.4. The number of aliphatic hydroxyl groups excluding tert-OH is 1. The fraction of sp³-hybridized carbons (Fsp3) is 0.353. The molecule has 0 bridgehead atoms. The largest absolute Gasteiger partial charge is 0.508 e. The van der Waals surface area contributed by atoms with Crippen LogP contribution < -0.4 is 5.73 Å². The van der Waals surface area contributed by atoms with Crippen molar-refractivity contribution in [2.75, 3.05) is 0 Å². The molecule has 1 aromatic rings. The molecular formula is C17H28N2O3. The molecule has 0 unspecified atom stereocenters. The topological polar surface area (TPSA) is 88.5 Å². The van der Waals surface area contributed by atoms with Crippen LogP contribution >= 0.6 is 0 Å². The quantitative estimate of drug-likeness (QED) is 0.581. The Morgan fingerprint density at radius 2 is 1.82 bits per heavy atom. The van der Waals surface area contributed by atoms with Crippen LogP contribution in [0.5, 0.6) is 0 Å². The van der Waals surface area contributed by atoms with Gasteiger partial charge in [-0.2, -0.15) is 0 Å². The average molecular weight is 308 g/mol. The van der Waals surface area contributed by atoms with Crippen molar-refractivity contribution in [2.24, 2.45) is 12.8 Å². The fourth-order valence-electron chi connectivity index (χ4n) is 1.57. The van der Waals surface area contributed by atoms with Gasteiger partial charge >= 0.3 is 5.97 Å². The van der Waals surface area contributed by atoms with Crippen LogP contribution in [0.25, 0.3) is 6.08 Å². The van der Waals surface area contributed by atoms with E-state index in [-0.39, 0.29) is 5.76 Å². The molecule has 1 aromatic heterocycles. The number of aliphatic hydroxyl groups is 1. The lowest BCUT2D eigenvalue weighted by atomic mass is 10.2. The molecule has 0 radical (unpaired) electrons. The zero-order valence-corrected chi connectivity index (χ0v) is 14.3. The van der Waals surface area contributed by atoms with Crippen molar-refractivity contribution in [2.45, 2.75) is 34.6 Å². The first-order valence-corrected chi connectivity index (χ1v) is 7.14. The van der Waals surface area contributed by atoms with Gasteiger partial charge in [-0.25, -0.2) is 4.79 Å². The molecule has 0 saturated carbocycles. The number of carboxylic acid groups (broad SMARTS) is 1. The third-order valence-corrected chi connectivity index (χ3v) is 2.59. The van der Waals surface area contributed by atoms with E-state index in [1.807, 2.05) is 39.8 Å². The van der Waals surface area contributed by atoms with Crippen LogP contribution in [0.4, 0.5) is 0 Å². The molecule has 4 N–H and O–H groups in total. The summed E-state index contributed by atoms with van der Waals surface area (Å²) in [6.45, 7) is 9.55. The number of aromatic nitrogens is 1. The number of aromatic carboxylic acids is 1. The molecule has 5 nitrogen and oxygen atoms in total. The number of nitrogens with zero attached hydrogens (tertiary/aromatic N) is 1. The molecule has 124 valence electrons. The molecule has 22 heavy (non-hydrogen) atoms. The van der Waals surface area contributed by atoms with E-state index in [2.05, 4.69) is 0 Å². The van der Waals surface area contributed by atoms with Crippen molar-refractivity contribution in [3.63, 3.8) is 0 Å². The molecule has 1 heterocycles. The average Bonchev–Trinajstić information content (AvgIpc) is 2.79. The monoisotopic (exact) mass is 308 g/mol. The lowest BCUT2D eigenvalue weighted by Crippen LogP contribution is -2.04. The Hall–Kier alpha value is -2.43. The highest BCUT2D eigenvalue weighted by molar-refractivity contribution is 5.87. The Bertz CT molecular complexity index is 538. The van der Waals surface area contributed by atoms with Crippen molar-refractivity contribution in [1.29, 1.82) is 0 Å². The summed E-state index contributed by atoms with van der Waals surface area (Å²) in [7, 11) is 1.76. The van der Waals surface area contributed by atoms with E-state index in [4.69, 9.17) is 15.9 Å². The molecule has 0 aliphatic heterocycles. The predicted octanol–water partition coefficient (Wildman–Crippen LogP) is 4.01. The van der Waals surface area contributed by atoms with Gasteiger partial charge in [-0.05, 0) is 56.8 Å². The third-order valence-electron chi connectivity index (χ3n) is 2.59. The third kappa shape index (κ3) is 7.38. The number of hydrogen-bond donors (Lipinski definition) is 3. The van der Waals surface area contributed by atoms with E-state index in [1.54, 1.807) is 30.7 Å². The first kappa shape index (κ1) is 21.9. The SMILES string of the molecule is C/C=C(O)\C=C/N.C/C=C\c1c(C)cc(C(=O)O)n1C.CC. The maximum Gasteiger partial charge on any atom is 0.352 e. The molecule has 0 amide bonds. The summed E-state index contributed by atoms with van der Waals surface area (Å²) in [6, 6.07) is 1.68. The Morgan fingerprint density at radius 3 is 2.09 bits per heavy atom. The maximum atomic E-state index is 10.7. The second kappa shape index (κ2) is 12.3. The summed E-state index contributed by atoms with van der Waals surface area (Å²) in [6.07, 6.45) is 8.06. The first-order chi connectivity index (χ1) is 10.4. The molecule has 0 aliphatic carbocycles. The van der Waals surface area contributed by atoms with Crippen molar-refractivity contribution < 1.29 is 15.0 Å². The van der Waals surface area contributed by atoms with Gasteiger partial charge in [0.05, 0.1) is 0 Å². The second-order valence-corrected chi connectivity index (χ2v) is 4.03.